The first kappa shape index (κ1) is 28.5. The van der Waals surface area contributed by atoms with E-state index in [1.54, 1.807) is 29.9 Å². The van der Waals surface area contributed by atoms with Gasteiger partial charge >= 0.3 is 5.97 Å². The fraction of sp³-hybridized carbons (Fsp3) is 0.581. The summed E-state index contributed by atoms with van der Waals surface area (Å²) in [5.41, 5.74) is -2.43. The normalized spacial score (nSPS) is 37.3. The van der Waals surface area contributed by atoms with Gasteiger partial charge in [0, 0.05) is 23.2 Å². The van der Waals surface area contributed by atoms with Gasteiger partial charge in [0.25, 0.3) is 0 Å². The van der Waals surface area contributed by atoms with Crippen LogP contribution in [0.15, 0.2) is 36.0 Å². The van der Waals surface area contributed by atoms with Gasteiger partial charge in [-0.2, -0.15) is 5.10 Å². The number of aromatic nitrogens is 2. The lowest BCUT2D eigenvalue weighted by molar-refractivity contribution is -0.228. The molecule has 3 saturated carbocycles. The Kier molecular flexibility index (Phi) is 6.77. The van der Waals surface area contributed by atoms with Gasteiger partial charge in [-0.05, 0) is 92.1 Å². The molecule has 4 aliphatic carbocycles. The molecule has 6 nitrogen and oxygen atoms in total. The standard InChI is InChI=1S/C31H35F3N2O4S/c1-4-26(38)40-30(27(39)41-17-32)12-11-22-23-10-5-19-13-24-18(16-35-36(24)21-8-6-20(33)7-9-21)14-28(19,2)31(23,34)25(37)15-29(22,30)3/h6-9,13,16,22-23,25,37H,4-5,10-12,14-15,17H2,1-3H3/t22-,23-,25-,28-,29-,30-,31-/m0/s1. The van der Waals surface area contributed by atoms with Crippen LogP contribution in [-0.2, 0) is 20.7 Å². The molecule has 1 heterocycles. The monoisotopic (exact) mass is 588 g/mol. The molecule has 7 atom stereocenters. The van der Waals surface area contributed by atoms with E-state index in [4.69, 9.17) is 4.74 Å². The van der Waals surface area contributed by atoms with Gasteiger partial charge in [0.2, 0.25) is 5.12 Å². The molecular formula is C31H35F3N2O4S. The highest BCUT2D eigenvalue weighted by Gasteiger charge is 2.75. The maximum atomic E-state index is 17.9. The Morgan fingerprint density at radius 3 is 2.61 bits per heavy atom. The van der Waals surface area contributed by atoms with Gasteiger partial charge in [-0.25, -0.2) is 17.9 Å². The van der Waals surface area contributed by atoms with Gasteiger partial charge in [0.15, 0.2) is 5.60 Å². The Bertz CT molecular complexity index is 1430. The number of hydrogen-bond donors (Lipinski definition) is 1. The van der Waals surface area contributed by atoms with E-state index in [1.165, 1.54) is 12.1 Å². The fourth-order valence-corrected chi connectivity index (χ4v) is 9.52. The lowest BCUT2D eigenvalue weighted by atomic mass is 9.44. The van der Waals surface area contributed by atoms with Crippen molar-refractivity contribution in [2.24, 2.45) is 22.7 Å². The van der Waals surface area contributed by atoms with Crippen molar-refractivity contribution in [2.75, 3.05) is 6.01 Å². The molecule has 6 rings (SSSR count). The number of fused-ring (bicyclic) bond motifs is 6. The van der Waals surface area contributed by atoms with Crippen molar-refractivity contribution < 1.29 is 32.6 Å². The maximum absolute atomic E-state index is 17.9. The zero-order valence-corrected chi connectivity index (χ0v) is 24.3. The zero-order chi connectivity index (χ0) is 29.4. The Labute approximate surface area is 241 Å². The lowest BCUT2D eigenvalue weighted by Gasteiger charge is -2.63. The first-order valence-electron chi connectivity index (χ1n) is 14.3. The Balaban J connectivity index is 1.39. The van der Waals surface area contributed by atoms with Crippen molar-refractivity contribution in [3.8, 4) is 5.69 Å². The van der Waals surface area contributed by atoms with Crippen LogP contribution in [-0.4, -0.2) is 49.4 Å². The summed E-state index contributed by atoms with van der Waals surface area (Å²) in [6.07, 6.45) is 4.22. The minimum Gasteiger partial charge on any atom is -0.449 e. The van der Waals surface area contributed by atoms with Crippen LogP contribution in [0, 0.1) is 28.5 Å². The molecule has 0 amide bonds. The molecule has 1 aromatic heterocycles. The van der Waals surface area contributed by atoms with Crippen molar-refractivity contribution in [1.82, 2.24) is 9.78 Å². The highest BCUT2D eigenvalue weighted by atomic mass is 32.2. The molecule has 0 aliphatic heterocycles. The molecule has 2 aromatic rings. The number of rotatable bonds is 5. The molecule has 1 aromatic carbocycles. The van der Waals surface area contributed by atoms with E-state index in [1.807, 2.05) is 19.9 Å². The molecule has 0 saturated heterocycles. The molecular weight excluding hydrogens is 553 g/mol. The van der Waals surface area contributed by atoms with Crippen LogP contribution in [0.3, 0.4) is 0 Å². The third-order valence-corrected chi connectivity index (χ3v) is 11.6. The molecule has 220 valence electrons. The average Bonchev–Trinajstić information content (AvgIpc) is 3.47. The van der Waals surface area contributed by atoms with Crippen LogP contribution in [0.25, 0.3) is 11.8 Å². The fourth-order valence-electron chi connectivity index (χ4n) is 8.81. The summed E-state index contributed by atoms with van der Waals surface area (Å²) in [5.74, 6) is -1.84. The van der Waals surface area contributed by atoms with E-state index >= 15 is 4.39 Å². The summed E-state index contributed by atoms with van der Waals surface area (Å²) in [5, 5.41) is 15.7. The number of ether oxygens (including phenoxy) is 1. The van der Waals surface area contributed by atoms with Gasteiger partial charge < -0.3 is 9.84 Å². The van der Waals surface area contributed by atoms with Crippen molar-refractivity contribution in [2.45, 2.75) is 83.1 Å². The van der Waals surface area contributed by atoms with Crippen molar-refractivity contribution >= 4 is 28.9 Å². The Morgan fingerprint density at radius 2 is 1.93 bits per heavy atom. The van der Waals surface area contributed by atoms with Crippen LogP contribution in [0.1, 0.15) is 70.6 Å². The molecule has 41 heavy (non-hydrogen) atoms. The van der Waals surface area contributed by atoms with Gasteiger partial charge in [-0.3, -0.25) is 9.59 Å². The quantitative estimate of drug-likeness (QED) is 0.423. The summed E-state index contributed by atoms with van der Waals surface area (Å²) in [4.78, 5) is 26.0. The number of hydrogen-bond acceptors (Lipinski definition) is 6. The van der Waals surface area contributed by atoms with Gasteiger partial charge in [0.1, 0.15) is 17.5 Å². The second-order valence-corrected chi connectivity index (χ2v) is 13.4. The number of aliphatic hydroxyl groups is 1. The van der Waals surface area contributed by atoms with E-state index in [9.17, 15) is 23.5 Å². The van der Waals surface area contributed by atoms with Crippen LogP contribution in [0.4, 0.5) is 13.2 Å². The smallest absolute Gasteiger partial charge is 0.306 e. The van der Waals surface area contributed by atoms with Crippen molar-refractivity contribution in [3.63, 3.8) is 0 Å². The molecule has 1 N–H and O–H groups in total. The number of benzene rings is 1. The molecule has 0 unspecified atom stereocenters. The molecule has 3 fully saturated rings. The van der Waals surface area contributed by atoms with Crippen molar-refractivity contribution in [3.05, 3.63) is 53.1 Å². The highest BCUT2D eigenvalue weighted by Crippen LogP contribution is 2.71. The summed E-state index contributed by atoms with van der Waals surface area (Å²) >= 11 is 0.477. The number of allylic oxidation sites excluding steroid dienone is 1. The third kappa shape index (κ3) is 3.78. The number of nitrogens with zero attached hydrogens (tertiary/aromatic N) is 2. The second-order valence-electron chi connectivity index (χ2n) is 12.5. The molecule has 0 bridgehead atoms. The van der Waals surface area contributed by atoms with Crippen LogP contribution < -0.4 is 0 Å². The number of halogens is 3. The number of carbonyl (C=O) groups is 2. The molecule has 4 aliphatic rings. The van der Waals surface area contributed by atoms with E-state index in [-0.39, 0.29) is 31.0 Å². The summed E-state index contributed by atoms with van der Waals surface area (Å²) in [6, 6.07) is 5.08. The van der Waals surface area contributed by atoms with E-state index in [0.717, 1.165) is 16.8 Å². The topological polar surface area (TPSA) is 81.4 Å². The first-order chi connectivity index (χ1) is 19.4. The van der Waals surface area contributed by atoms with Crippen LogP contribution in [0.5, 0.6) is 0 Å². The average molecular weight is 589 g/mol. The summed E-state index contributed by atoms with van der Waals surface area (Å²) in [6.45, 7) is 5.32. The summed E-state index contributed by atoms with van der Waals surface area (Å²) < 4.78 is 52.4. The Morgan fingerprint density at radius 1 is 1.20 bits per heavy atom. The van der Waals surface area contributed by atoms with Crippen molar-refractivity contribution in [1.29, 1.82) is 0 Å². The number of esters is 1. The van der Waals surface area contributed by atoms with Gasteiger partial charge in [-0.15, -0.1) is 0 Å². The lowest BCUT2D eigenvalue weighted by Crippen LogP contribution is -2.70. The van der Waals surface area contributed by atoms with Gasteiger partial charge in [0.05, 0.1) is 23.7 Å². The Hall–Kier alpha value is -2.59. The number of carbonyl (C=O) groups excluding carboxylic acids is 2. The molecule has 10 heteroatoms. The number of aliphatic hydroxyl groups excluding tert-OH is 1. The minimum atomic E-state index is -2.00. The highest BCUT2D eigenvalue weighted by molar-refractivity contribution is 8.13. The number of thioether (sulfide) groups is 1. The second kappa shape index (κ2) is 9.73. The van der Waals surface area contributed by atoms with E-state index in [2.05, 4.69) is 5.10 Å². The third-order valence-electron chi connectivity index (χ3n) is 10.9. The van der Waals surface area contributed by atoms with Crippen LogP contribution in [0.2, 0.25) is 0 Å². The summed E-state index contributed by atoms with van der Waals surface area (Å²) in [7, 11) is 0. The van der Waals surface area contributed by atoms with Gasteiger partial charge in [-0.1, -0.05) is 26.3 Å². The maximum Gasteiger partial charge on any atom is 0.306 e. The largest absolute Gasteiger partial charge is 0.449 e. The molecule has 0 radical (unpaired) electrons. The molecule has 0 spiro atoms. The zero-order valence-electron chi connectivity index (χ0n) is 23.5. The predicted molar refractivity (Wildman–Crippen MR) is 149 cm³/mol. The number of alkyl halides is 2. The SMILES string of the molecule is CCC(=O)O[C@]1(C(=O)SCF)CC[C@H]2[C@@H]3CCC4=Cc5c(cnn5-c5ccc(F)cc5)C[C@]4(C)[C@@]3(F)[C@@H](O)C[C@@]21C. The van der Waals surface area contributed by atoms with E-state index in [0.29, 0.717) is 43.1 Å². The van der Waals surface area contributed by atoms with Crippen LogP contribution >= 0.6 is 11.8 Å². The minimum absolute atomic E-state index is 0.0509. The van der Waals surface area contributed by atoms with E-state index < -0.39 is 51.2 Å². The predicted octanol–water partition coefficient (Wildman–Crippen LogP) is 6.14. The first-order valence-corrected chi connectivity index (χ1v) is 15.3.